The molecule has 0 bridgehead atoms. The Morgan fingerprint density at radius 1 is 1.00 bits per heavy atom. The van der Waals surface area contributed by atoms with Gasteiger partial charge in [0, 0.05) is 10.9 Å². The highest BCUT2D eigenvalue weighted by molar-refractivity contribution is 5.91. The number of hydrogen-bond acceptors (Lipinski definition) is 2. The van der Waals surface area contributed by atoms with E-state index in [9.17, 15) is 0 Å². The van der Waals surface area contributed by atoms with Crippen molar-refractivity contribution < 1.29 is 4.52 Å². The minimum absolute atomic E-state index is 0.847. The molecule has 0 saturated carbocycles. The average molecular weight is 209 g/mol. The molecular weight excluding hydrogens is 198 g/mol. The summed E-state index contributed by atoms with van der Waals surface area (Å²) in [4.78, 5) is 0. The summed E-state index contributed by atoms with van der Waals surface area (Å²) in [6.07, 6.45) is 0. The van der Waals surface area contributed by atoms with Gasteiger partial charge in [0.05, 0.1) is 0 Å². The van der Waals surface area contributed by atoms with Crippen molar-refractivity contribution >= 4 is 10.9 Å². The van der Waals surface area contributed by atoms with Crippen LogP contribution < -0.4 is 0 Å². The SMILES string of the molecule is Cc1ccc2noc(-c3ccccc3)c2c1. The summed E-state index contributed by atoms with van der Waals surface area (Å²) < 4.78 is 5.41. The molecule has 0 fully saturated rings. The number of nitrogens with zero attached hydrogens (tertiary/aromatic N) is 1. The van der Waals surface area contributed by atoms with Gasteiger partial charge < -0.3 is 4.52 Å². The van der Waals surface area contributed by atoms with E-state index in [2.05, 4.69) is 18.1 Å². The summed E-state index contributed by atoms with van der Waals surface area (Å²) in [6, 6.07) is 16.2. The fraction of sp³-hybridized carbons (Fsp3) is 0.0714. The number of rotatable bonds is 1. The first kappa shape index (κ1) is 9.16. The Balaban J connectivity index is 2.29. The minimum Gasteiger partial charge on any atom is -0.355 e. The second kappa shape index (κ2) is 3.49. The molecule has 0 atom stereocenters. The molecule has 2 nitrogen and oxygen atoms in total. The van der Waals surface area contributed by atoms with Crippen molar-refractivity contribution in [3.05, 3.63) is 54.1 Å². The van der Waals surface area contributed by atoms with E-state index in [0.717, 1.165) is 22.2 Å². The van der Waals surface area contributed by atoms with Gasteiger partial charge in [-0.2, -0.15) is 0 Å². The van der Waals surface area contributed by atoms with Crippen LogP contribution in [0.15, 0.2) is 53.1 Å². The fourth-order valence-corrected chi connectivity index (χ4v) is 1.85. The Labute approximate surface area is 93.5 Å². The van der Waals surface area contributed by atoms with Crippen LogP contribution in [0.1, 0.15) is 5.56 Å². The summed E-state index contributed by atoms with van der Waals surface area (Å²) in [5, 5.41) is 5.14. The lowest BCUT2D eigenvalue weighted by molar-refractivity contribution is 0.441. The van der Waals surface area contributed by atoms with Crippen LogP contribution in [0, 0.1) is 6.92 Å². The number of benzene rings is 2. The molecule has 0 aliphatic carbocycles. The molecule has 0 aliphatic rings. The van der Waals surface area contributed by atoms with Crippen LogP contribution in [0.25, 0.3) is 22.2 Å². The Hall–Kier alpha value is -2.09. The van der Waals surface area contributed by atoms with Gasteiger partial charge in [0.15, 0.2) is 5.76 Å². The zero-order valence-corrected chi connectivity index (χ0v) is 8.97. The van der Waals surface area contributed by atoms with E-state index in [0.29, 0.717) is 0 Å². The Morgan fingerprint density at radius 2 is 1.81 bits per heavy atom. The Kier molecular flexibility index (Phi) is 2.00. The predicted octanol–water partition coefficient (Wildman–Crippen LogP) is 3.80. The summed E-state index contributed by atoms with van der Waals surface area (Å²) in [7, 11) is 0. The van der Waals surface area contributed by atoms with Crippen molar-refractivity contribution in [2.24, 2.45) is 0 Å². The zero-order valence-electron chi connectivity index (χ0n) is 8.97. The van der Waals surface area contributed by atoms with Crippen molar-refractivity contribution in [1.82, 2.24) is 5.16 Å². The summed E-state index contributed by atoms with van der Waals surface area (Å²) in [6.45, 7) is 2.07. The van der Waals surface area contributed by atoms with Crippen molar-refractivity contribution in [3.63, 3.8) is 0 Å². The first-order chi connectivity index (χ1) is 7.84. The van der Waals surface area contributed by atoms with E-state index >= 15 is 0 Å². The summed E-state index contributed by atoms with van der Waals surface area (Å²) >= 11 is 0. The molecule has 0 unspecified atom stereocenters. The molecule has 0 spiro atoms. The maximum absolute atomic E-state index is 5.41. The van der Waals surface area contributed by atoms with E-state index < -0.39 is 0 Å². The van der Waals surface area contributed by atoms with Crippen LogP contribution in [-0.4, -0.2) is 5.16 Å². The highest BCUT2D eigenvalue weighted by Crippen LogP contribution is 2.28. The highest BCUT2D eigenvalue weighted by atomic mass is 16.5. The van der Waals surface area contributed by atoms with E-state index in [1.807, 2.05) is 42.5 Å². The lowest BCUT2D eigenvalue weighted by atomic mass is 10.1. The molecule has 0 saturated heterocycles. The molecule has 2 heteroatoms. The third-order valence-corrected chi connectivity index (χ3v) is 2.67. The quantitative estimate of drug-likeness (QED) is 0.609. The summed E-state index contributed by atoms with van der Waals surface area (Å²) in [5.74, 6) is 0.847. The maximum Gasteiger partial charge on any atom is 0.174 e. The number of aromatic nitrogens is 1. The topological polar surface area (TPSA) is 26.0 Å². The molecule has 1 heterocycles. The molecule has 78 valence electrons. The lowest BCUT2D eigenvalue weighted by Crippen LogP contribution is -1.75. The van der Waals surface area contributed by atoms with Crippen molar-refractivity contribution in [3.8, 4) is 11.3 Å². The van der Waals surface area contributed by atoms with Crippen LogP contribution in [-0.2, 0) is 0 Å². The molecule has 0 radical (unpaired) electrons. The molecule has 0 N–H and O–H groups in total. The van der Waals surface area contributed by atoms with Crippen LogP contribution in [0.2, 0.25) is 0 Å². The third-order valence-electron chi connectivity index (χ3n) is 2.67. The van der Waals surface area contributed by atoms with Gasteiger partial charge in [0.25, 0.3) is 0 Å². The van der Waals surface area contributed by atoms with Gasteiger partial charge in [-0.3, -0.25) is 0 Å². The fourth-order valence-electron chi connectivity index (χ4n) is 1.85. The van der Waals surface area contributed by atoms with Gasteiger partial charge in [0.2, 0.25) is 0 Å². The van der Waals surface area contributed by atoms with Gasteiger partial charge in [-0.05, 0) is 19.1 Å². The van der Waals surface area contributed by atoms with Crippen LogP contribution in [0.5, 0.6) is 0 Å². The standard InChI is InChI=1S/C14H11NO/c1-10-7-8-13-12(9-10)14(16-15-13)11-5-3-2-4-6-11/h2-9H,1H3. The van der Waals surface area contributed by atoms with E-state index in [1.165, 1.54) is 5.56 Å². The van der Waals surface area contributed by atoms with Crippen molar-refractivity contribution in [1.29, 1.82) is 0 Å². The zero-order chi connectivity index (χ0) is 11.0. The minimum atomic E-state index is 0.847. The Bertz CT molecular complexity index is 626. The van der Waals surface area contributed by atoms with Crippen molar-refractivity contribution in [2.45, 2.75) is 6.92 Å². The van der Waals surface area contributed by atoms with Gasteiger partial charge in [-0.25, -0.2) is 0 Å². The molecule has 16 heavy (non-hydrogen) atoms. The van der Waals surface area contributed by atoms with Crippen LogP contribution >= 0.6 is 0 Å². The van der Waals surface area contributed by atoms with E-state index in [-0.39, 0.29) is 0 Å². The maximum atomic E-state index is 5.41. The first-order valence-corrected chi connectivity index (χ1v) is 5.26. The molecule has 0 aliphatic heterocycles. The van der Waals surface area contributed by atoms with Gasteiger partial charge in [-0.15, -0.1) is 0 Å². The largest absolute Gasteiger partial charge is 0.355 e. The molecule has 3 rings (SSSR count). The lowest BCUT2D eigenvalue weighted by Gasteiger charge is -1.96. The molecule has 2 aromatic carbocycles. The predicted molar refractivity (Wildman–Crippen MR) is 64.2 cm³/mol. The smallest absolute Gasteiger partial charge is 0.174 e. The first-order valence-electron chi connectivity index (χ1n) is 5.26. The van der Waals surface area contributed by atoms with Crippen LogP contribution in [0.4, 0.5) is 0 Å². The molecule has 3 aromatic rings. The van der Waals surface area contributed by atoms with Gasteiger partial charge in [-0.1, -0.05) is 47.1 Å². The molecule has 1 aromatic heterocycles. The second-order valence-electron chi connectivity index (χ2n) is 3.90. The molecule has 0 amide bonds. The summed E-state index contributed by atoms with van der Waals surface area (Å²) in [5.41, 5.74) is 3.19. The van der Waals surface area contributed by atoms with Gasteiger partial charge >= 0.3 is 0 Å². The number of hydrogen-bond donors (Lipinski definition) is 0. The van der Waals surface area contributed by atoms with E-state index in [4.69, 9.17) is 4.52 Å². The van der Waals surface area contributed by atoms with E-state index in [1.54, 1.807) is 0 Å². The Morgan fingerprint density at radius 3 is 2.62 bits per heavy atom. The van der Waals surface area contributed by atoms with Crippen LogP contribution in [0.3, 0.4) is 0 Å². The number of fused-ring (bicyclic) bond motifs is 1. The third kappa shape index (κ3) is 1.39. The van der Waals surface area contributed by atoms with Crippen molar-refractivity contribution in [2.75, 3.05) is 0 Å². The normalized spacial score (nSPS) is 10.8. The van der Waals surface area contributed by atoms with Gasteiger partial charge in [0.1, 0.15) is 5.52 Å². The second-order valence-corrected chi connectivity index (χ2v) is 3.90. The highest BCUT2D eigenvalue weighted by Gasteiger charge is 2.09. The number of aryl methyl sites for hydroxylation is 1. The molecular formula is C14H11NO. The monoisotopic (exact) mass is 209 g/mol. The average Bonchev–Trinajstić information content (AvgIpc) is 2.73.